The number of rotatable bonds is 2. The Bertz CT molecular complexity index is 685. The van der Waals surface area contributed by atoms with Crippen molar-refractivity contribution in [3.8, 4) is 6.07 Å². The van der Waals surface area contributed by atoms with Crippen LogP contribution in [0.4, 0.5) is 4.39 Å². The summed E-state index contributed by atoms with van der Waals surface area (Å²) in [6.07, 6.45) is 1.54. The first-order valence-electron chi connectivity index (χ1n) is 5.32. The number of benzene rings is 1. The molecule has 1 aromatic heterocycles. The van der Waals surface area contributed by atoms with Gasteiger partial charge in [-0.1, -0.05) is 6.07 Å². The summed E-state index contributed by atoms with van der Waals surface area (Å²) in [4.78, 5) is 11.6. The number of aromatic nitrogens is 2. The molecule has 0 aliphatic rings. The van der Waals surface area contributed by atoms with Crippen LogP contribution in [0.2, 0.25) is 0 Å². The molecule has 0 bridgehead atoms. The minimum absolute atomic E-state index is 0.0522. The van der Waals surface area contributed by atoms with Gasteiger partial charge in [0.2, 0.25) is 0 Å². The van der Waals surface area contributed by atoms with Gasteiger partial charge in [0, 0.05) is 11.6 Å². The maximum absolute atomic E-state index is 13.6. The van der Waals surface area contributed by atoms with E-state index in [-0.39, 0.29) is 17.7 Å². The van der Waals surface area contributed by atoms with E-state index in [0.717, 1.165) is 11.6 Å². The van der Waals surface area contributed by atoms with E-state index in [2.05, 4.69) is 5.10 Å². The Kier molecular flexibility index (Phi) is 3.20. The Morgan fingerprint density at radius 1 is 1.44 bits per heavy atom. The lowest BCUT2D eigenvalue weighted by Crippen LogP contribution is -2.23. The van der Waals surface area contributed by atoms with Crippen LogP contribution in [-0.2, 0) is 6.54 Å². The van der Waals surface area contributed by atoms with E-state index in [1.165, 1.54) is 22.9 Å². The molecule has 0 atom stereocenters. The highest BCUT2D eigenvalue weighted by Gasteiger charge is 2.06. The predicted molar refractivity (Wildman–Crippen MR) is 63.5 cm³/mol. The quantitative estimate of drug-likeness (QED) is 0.805. The standard InChI is InChI=1S/C13H10FN3O/c1-9-4-13(18)17(16-7-9)8-11-3-2-10(6-15)5-12(11)14/h2-5,7H,8H2,1H3. The monoisotopic (exact) mass is 243 g/mol. The van der Waals surface area contributed by atoms with Crippen LogP contribution in [0.15, 0.2) is 35.3 Å². The van der Waals surface area contributed by atoms with Gasteiger partial charge in [0.05, 0.1) is 24.4 Å². The van der Waals surface area contributed by atoms with E-state index < -0.39 is 5.82 Å². The van der Waals surface area contributed by atoms with Crippen molar-refractivity contribution >= 4 is 0 Å². The third kappa shape index (κ3) is 2.43. The first-order valence-corrected chi connectivity index (χ1v) is 5.32. The zero-order valence-electron chi connectivity index (χ0n) is 9.72. The Balaban J connectivity index is 2.35. The van der Waals surface area contributed by atoms with E-state index in [9.17, 15) is 9.18 Å². The maximum Gasteiger partial charge on any atom is 0.267 e. The normalized spacial score (nSPS) is 10.1. The van der Waals surface area contributed by atoms with Crippen LogP contribution in [0.1, 0.15) is 16.7 Å². The lowest BCUT2D eigenvalue weighted by atomic mass is 10.1. The molecule has 18 heavy (non-hydrogen) atoms. The summed E-state index contributed by atoms with van der Waals surface area (Å²) in [6, 6.07) is 7.44. The SMILES string of the molecule is Cc1cnn(Cc2ccc(C#N)cc2F)c(=O)c1. The van der Waals surface area contributed by atoms with Gasteiger partial charge >= 0.3 is 0 Å². The molecule has 0 radical (unpaired) electrons. The molecule has 0 amide bonds. The Hall–Kier alpha value is -2.48. The highest BCUT2D eigenvalue weighted by molar-refractivity contribution is 5.32. The minimum atomic E-state index is -0.511. The number of hydrogen-bond acceptors (Lipinski definition) is 3. The van der Waals surface area contributed by atoms with Crippen LogP contribution < -0.4 is 5.56 Å². The molecule has 5 heteroatoms. The number of hydrogen-bond donors (Lipinski definition) is 0. The lowest BCUT2D eigenvalue weighted by Gasteiger charge is -2.06. The molecule has 0 unspecified atom stereocenters. The second kappa shape index (κ2) is 4.80. The Morgan fingerprint density at radius 3 is 2.83 bits per heavy atom. The van der Waals surface area contributed by atoms with Gasteiger partial charge in [-0.15, -0.1) is 0 Å². The van der Waals surface area contributed by atoms with Gasteiger partial charge in [0.15, 0.2) is 0 Å². The molecule has 2 aromatic rings. The summed E-state index contributed by atoms with van der Waals surface area (Å²) in [5, 5.41) is 12.6. The van der Waals surface area contributed by atoms with E-state index in [0.29, 0.717) is 5.56 Å². The average Bonchev–Trinajstić information content (AvgIpc) is 2.34. The molecule has 0 spiro atoms. The van der Waals surface area contributed by atoms with Crippen molar-refractivity contribution in [2.45, 2.75) is 13.5 Å². The second-order valence-corrected chi connectivity index (χ2v) is 3.95. The van der Waals surface area contributed by atoms with Crippen molar-refractivity contribution in [3.63, 3.8) is 0 Å². The minimum Gasteiger partial charge on any atom is -0.268 e. The number of nitriles is 1. The molecule has 4 nitrogen and oxygen atoms in total. The number of aryl methyl sites for hydroxylation is 1. The number of nitrogens with zero attached hydrogens (tertiary/aromatic N) is 3. The molecule has 1 heterocycles. The van der Waals surface area contributed by atoms with Gasteiger partial charge < -0.3 is 0 Å². The van der Waals surface area contributed by atoms with Crippen LogP contribution in [0, 0.1) is 24.1 Å². The van der Waals surface area contributed by atoms with E-state index in [1.54, 1.807) is 13.1 Å². The molecular weight excluding hydrogens is 233 g/mol. The van der Waals surface area contributed by atoms with Crippen molar-refractivity contribution < 1.29 is 4.39 Å². The van der Waals surface area contributed by atoms with E-state index >= 15 is 0 Å². The predicted octanol–water partition coefficient (Wildman–Crippen LogP) is 1.61. The molecule has 0 saturated heterocycles. The van der Waals surface area contributed by atoms with Crippen molar-refractivity contribution in [2.24, 2.45) is 0 Å². The van der Waals surface area contributed by atoms with Gasteiger partial charge in [-0.2, -0.15) is 10.4 Å². The van der Waals surface area contributed by atoms with Crippen LogP contribution in [0.3, 0.4) is 0 Å². The molecular formula is C13H10FN3O. The largest absolute Gasteiger partial charge is 0.268 e. The fraction of sp³-hybridized carbons (Fsp3) is 0.154. The van der Waals surface area contributed by atoms with Gasteiger partial charge in [-0.25, -0.2) is 9.07 Å². The highest BCUT2D eigenvalue weighted by atomic mass is 19.1. The smallest absolute Gasteiger partial charge is 0.267 e. The summed E-state index contributed by atoms with van der Waals surface area (Å²) in [7, 11) is 0. The van der Waals surface area contributed by atoms with E-state index in [1.807, 2.05) is 6.07 Å². The van der Waals surface area contributed by atoms with Crippen LogP contribution in [-0.4, -0.2) is 9.78 Å². The fourth-order valence-corrected chi connectivity index (χ4v) is 1.55. The second-order valence-electron chi connectivity index (χ2n) is 3.95. The lowest BCUT2D eigenvalue weighted by molar-refractivity contribution is 0.571. The average molecular weight is 243 g/mol. The zero-order valence-corrected chi connectivity index (χ0v) is 9.72. The zero-order chi connectivity index (χ0) is 13.1. The summed E-state index contributed by atoms with van der Waals surface area (Å²) in [5.41, 5.74) is 1.06. The fourth-order valence-electron chi connectivity index (χ4n) is 1.55. The molecule has 2 rings (SSSR count). The van der Waals surface area contributed by atoms with Gasteiger partial charge in [0.25, 0.3) is 5.56 Å². The van der Waals surface area contributed by atoms with Crippen molar-refractivity contribution in [1.82, 2.24) is 9.78 Å². The maximum atomic E-state index is 13.6. The molecule has 0 saturated carbocycles. The summed E-state index contributed by atoms with van der Waals surface area (Å²) < 4.78 is 14.8. The first kappa shape index (κ1) is 12.0. The van der Waals surface area contributed by atoms with Gasteiger partial charge in [-0.3, -0.25) is 4.79 Å². The summed E-state index contributed by atoms with van der Waals surface area (Å²) >= 11 is 0. The van der Waals surface area contributed by atoms with Crippen molar-refractivity contribution in [2.75, 3.05) is 0 Å². The van der Waals surface area contributed by atoms with Crippen LogP contribution in [0.25, 0.3) is 0 Å². The molecule has 0 fully saturated rings. The third-order valence-electron chi connectivity index (χ3n) is 2.51. The van der Waals surface area contributed by atoms with Gasteiger partial charge in [-0.05, 0) is 24.6 Å². The van der Waals surface area contributed by atoms with Crippen molar-refractivity contribution in [1.29, 1.82) is 5.26 Å². The van der Waals surface area contributed by atoms with Crippen molar-refractivity contribution in [3.05, 3.63) is 63.3 Å². The third-order valence-corrected chi connectivity index (χ3v) is 2.51. The topological polar surface area (TPSA) is 58.7 Å². The Labute approximate surface area is 103 Å². The summed E-state index contributed by atoms with van der Waals surface area (Å²) in [6.45, 7) is 1.82. The summed E-state index contributed by atoms with van der Waals surface area (Å²) in [5.74, 6) is -0.511. The Morgan fingerprint density at radius 2 is 2.22 bits per heavy atom. The van der Waals surface area contributed by atoms with Crippen LogP contribution in [0.5, 0.6) is 0 Å². The number of halogens is 1. The van der Waals surface area contributed by atoms with Crippen LogP contribution >= 0.6 is 0 Å². The van der Waals surface area contributed by atoms with E-state index in [4.69, 9.17) is 5.26 Å². The van der Waals surface area contributed by atoms with Gasteiger partial charge in [0.1, 0.15) is 5.82 Å². The molecule has 0 N–H and O–H groups in total. The highest BCUT2D eigenvalue weighted by Crippen LogP contribution is 2.10. The molecule has 1 aromatic carbocycles. The molecule has 0 aliphatic heterocycles. The molecule has 90 valence electrons. The first-order chi connectivity index (χ1) is 8.60. The molecule has 0 aliphatic carbocycles.